The molecule has 0 aliphatic heterocycles. The van der Waals surface area contributed by atoms with E-state index in [9.17, 15) is 14.9 Å². The third-order valence-electron chi connectivity index (χ3n) is 1.72. The summed E-state index contributed by atoms with van der Waals surface area (Å²) < 4.78 is 4.34. The first-order chi connectivity index (χ1) is 6.75. The second-order valence-corrected chi connectivity index (χ2v) is 2.57. The molecule has 0 aromatic heterocycles. The Hall–Kier alpha value is -1.91. The minimum absolute atomic E-state index is 0.0435. The Kier molecular flexibility index (Phi) is 3.60. The summed E-state index contributed by atoms with van der Waals surface area (Å²) in [6, 6.07) is 6.34. The summed E-state index contributed by atoms with van der Waals surface area (Å²) in [5.74, 6) is 0. The molecule has 1 radical (unpaired) electrons. The van der Waals surface area contributed by atoms with Crippen LogP contribution in [0.2, 0.25) is 0 Å². The SMILES string of the molecule is O=[C]OCCc1ccccc1[N+](=O)[O-]. The van der Waals surface area contributed by atoms with E-state index in [1.54, 1.807) is 18.2 Å². The van der Waals surface area contributed by atoms with Gasteiger partial charge in [0.25, 0.3) is 5.69 Å². The molecule has 73 valence electrons. The van der Waals surface area contributed by atoms with Gasteiger partial charge in [-0.05, 0) is 0 Å². The molecule has 1 aromatic rings. The normalized spacial score (nSPS) is 9.43. The maximum atomic E-state index is 10.5. The van der Waals surface area contributed by atoms with Crippen LogP contribution in [0.4, 0.5) is 5.69 Å². The zero-order valence-electron chi connectivity index (χ0n) is 7.30. The Bertz CT molecular complexity index is 337. The first kappa shape index (κ1) is 10.2. The largest absolute Gasteiger partial charge is 0.457 e. The molecule has 1 aromatic carbocycles. The zero-order chi connectivity index (χ0) is 10.4. The lowest BCUT2D eigenvalue weighted by Gasteiger charge is -2.00. The van der Waals surface area contributed by atoms with E-state index in [2.05, 4.69) is 4.74 Å². The molecule has 0 saturated heterocycles. The van der Waals surface area contributed by atoms with Crippen LogP contribution in [0.5, 0.6) is 0 Å². The van der Waals surface area contributed by atoms with Gasteiger partial charge in [0.1, 0.15) is 0 Å². The van der Waals surface area contributed by atoms with Gasteiger partial charge in [0, 0.05) is 18.1 Å². The van der Waals surface area contributed by atoms with Crippen LogP contribution >= 0.6 is 0 Å². The van der Waals surface area contributed by atoms with Crippen LogP contribution in [-0.4, -0.2) is 18.0 Å². The van der Waals surface area contributed by atoms with Crippen LogP contribution in [0.3, 0.4) is 0 Å². The van der Waals surface area contributed by atoms with E-state index >= 15 is 0 Å². The van der Waals surface area contributed by atoms with Gasteiger partial charge in [0.15, 0.2) is 0 Å². The van der Waals surface area contributed by atoms with Crippen molar-refractivity contribution in [3.63, 3.8) is 0 Å². The summed E-state index contributed by atoms with van der Waals surface area (Å²) in [6.45, 7) is 1.37. The number of ether oxygens (including phenoxy) is 1. The average molecular weight is 194 g/mol. The van der Waals surface area contributed by atoms with Crippen molar-refractivity contribution in [1.82, 2.24) is 0 Å². The fraction of sp³-hybridized carbons (Fsp3) is 0.222. The summed E-state index contributed by atoms with van der Waals surface area (Å²) in [7, 11) is 0. The molecule has 0 bridgehead atoms. The van der Waals surface area contributed by atoms with E-state index in [1.165, 1.54) is 12.5 Å². The number of nitrogens with zero attached hydrogens (tertiary/aromatic N) is 1. The number of carbonyl (C=O) groups excluding carboxylic acids is 1. The number of rotatable bonds is 5. The van der Waals surface area contributed by atoms with Crippen LogP contribution in [0.15, 0.2) is 24.3 Å². The van der Waals surface area contributed by atoms with Gasteiger partial charge in [-0.15, -0.1) is 0 Å². The Labute approximate surface area is 80.5 Å². The molecule has 0 atom stereocenters. The molecule has 0 amide bonds. The topological polar surface area (TPSA) is 69.4 Å². The number of benzene rings is 1. The Morgan fingerprint density at radius 2 is 2.14 bits per heavy atom. The molecule has 0 fully saturated rings. The molecule has 0 saturated carbocycles. The van der Waals surface area contributed by atoms with Crippen molar-refractivity contribution < 1.29 is 14.5 Å². The second kappa shape index (κ2) is 4.96. The second-order valence-electron chi connectivity index (χ2n) is 2.57. The molecule has 0 N–H and O–H groups in total. The molecule has 5 heteroatoms. The van der Waals surface area contributed by atoms with Crippen LogP contribution in [0.25, 0.3) is 0 Å². The highest BCUT2D eigenvalue weighted by Gasteiger charge is 2.11. The number of nitro benzene ring substituents is 1. The van der Waals surface area contributed by atoms with Gasteiger partial charge in [-0.3, -0.25) is 10.1 Å². The summed E-state index contributed by atoms with van der Waals surface area (Å²) in [5.41, 5.74) is 0.592. The van der Waals surface area contributed by atoms with E-state index in [0.717, 1.165) is 0 Å². The van der Waals surface area contributed by atoms with Crippen LogP contribution in [-0.2, 0) is 16.0 Å². The molecular formula is C9H8NO4. The molecule has 14 heavy (non-hydrogen) atoms. The molecule has 5 nitrogen and oxygen atoms in total. The lowest BCUT2D eigenvalue weighted by molar-refractivity contribution is -0.385. The van der Waals surface area contributed by atoms with E-state index in [1.807, 2.05) is 0 Å². The molecule has 0 aliphatic rings. The number of hydrogen-bond acceptors (Lipinski definition) is 4. The average Bonchev–Trinajstić information content (AvgIpc) is 2.19. The first-order valence-electron chi connectivity index (χ1n) is 3.97. The van der Waals surface area contributed by atoms with Crippen molar-refractivity contribution in [2.45, 2.75) is 6.42 Å². The van der Waals surface area contributed by atoms with E-state index in [-0.39, 0.29) is 12.3 Å². The molecule has 0 aliphatic carbocycles. The smallest absolute Gasteiger partial charge is 0.417 e. The van der Waals surface area contributed by atoms with Crippen molar-refractivity contribution in [1.29, 1.82) is 0 Å². The summed E-state index contributed by atoms with van der Waals surface area (Å²) in [5, 5.41) is 10.5. The molecule has 0 spiro atoms. The van der Waals surface area contributed by atoms with Gasteiger partial charge >= 0.3 is 6.47 Å². The predicted octanol–water partition coefficient (Wildman–Crippen LogP) is 1.22. The van der Waals surface area contributed by atoms with Crippen molar-refractivity contribution in [3.05, 3.63) is 39.9 Å². The Morgan fingerprint density at radius 3 is 2.79 bits per heavy atom. The third kappa shape index (κ3) is 2.55. The highest BCUT2D eigenvalue weighted by atomic mass is 16.6. The maximum Gasteiger partial charge on any atom is 0.417 e. The summed E-state index contributed by atoms with van der Waals surface area (Å²) in [6.07, 6.45) is 0.326. The van der Waals surface area contributed by atoms with Gasteiger partial charge in [-0.2, -0.15) is 0 Å². The Balaban J connectivity index is 2.74. The van der Waals surface area contributed by atoms with E-state index < -0.39 is 4.92 Å². The number of nitro groups is 1. The third-order valence-corrected chi connectivity index (χ3v) is 1.72. The highest BCUT2D eigenvalue weighted by molar-refractivity contribution is 5.41. The molecule has 0 heterocycles. The predicted molar refractivity (Wildman–Crippen MR) is 48.4 cm³/mol. The van der Waals surface area contributed by atoms with Crippen molar-refractivity contribution in [3.8, 4) is 0 Å². The van der Waals surface area contributed by atoms with E-state index in [4.69, 9.17) is 0 Å². The van der Waals surface area contributed by atoms with Crippen LogP contribution in [0, 0.1) is 10.1 Å². The lowest BCUT2D eigenvalue weighted by Crippen LogP contribution is -2.00. The van der Waals surface area contributed by atoms with Gasteiger partial charge in [-0.1, -0.05) is 18.2 Å². The fourth-order valence-corrected chi connectivity index (χ4v) is 1.10. The molecular weight excluding hydrogens is 186 g/mol. The maximum absolute atomic E-state index is 10.5. The summed E-state index contributed by atoms with van der Waals surface area (Å²) in [4.78, 5) is 19.8. The highest BCUT2D eigenvalue weighted by Crippen LogP contribution is 2.17. The summed E-state index contributed by atoms with van der Waals surface area (Å²) >= 11 is 0. The molecule has 1 rings (SSSR count). The van der Waals surface area contributed by atoms with Gasteiger partial charge in [0.2, 0.25) is 0 Å². The minimum atomic E-state index is -0.458. The van der Waals surface area contributed by atoms with Crippen molar-refractivity contribution in [2.75, 3.05) is 6.61 Å². The fourth-order valence-electron chi connectivity index (χ4n) is 1.10. The van der Waals surface area contributed by atoms with Crippen LogP contribution in [0.1, 0.15) is 5.56 Å². The van der Waals surface area contributed by atoms with Crippen LogP contribution < -0.4 is 0 Å². The van der Waals surface area contributed by atoms with Gasteiger partial charge < -0.3 is 4.74 Å². The van der Waals surface area contributed by atoms with Crippen molar-refractivity contribution in [2.24, 2.45) is 0 Å². The zero-order valence-corrected chi connectivity index (χ0v) is 7.30. The van der Waals surface area contributed by atoms with Crippen molar-refractivity contribution >= 4 is 12.2 Å². The molecule has 0 unspecified atom stereocenters. The standard InChI is InChI=1S/C9H8NO4/c11-7-14-6-5-8-3-1-2-4-9(8)10(12)13/h1-4H,5-6H2. The van der Waals surface area contributed by atoms with E-state index in [0.29, 0.717) is 12.0 Å². The minimum Gasteiger partial charge on any atom is -0.457 e. The first-order valence-corrected chi connectivity index (χ1v) is 3.97. The lowest BCUT2D eigenvalue weighted by atomic mass is 10.1. The quantitative estimate of drug-likeness (QED) is 0.401. The Morgan fingerprint density at radius 1 is 1.43 bits per heavy atom. The monoisotopic (exact) mass is 194 g/mol. The van der Waals surface area contributed by atoms with Gasteiger partial charge in [0.05, 0.1) is 11.5 Å². The van der Waals surface area contributed by atoms with Gasteiger partial charge in [-0.25, -0.2) is 4.79 Å². The number of para-hydroxylation sites is 1. The number of hydrogen-bond donors (Lipinski definition) is 0.